The third kappa shape index (κ3) is 4.98. The van der Waals surface area contributed by atoms with Gasteiger partial charge in [0.2, 0.25) is 0 Å². The molecule has 6 heteroatoms. The normalized spacial score (nSPS) is 21.7. The molecule has 0 spiro atoms. The molecule has 2 atom stereocenters. The Morgan fingerprint density at radius 1 is 1.50 bits per heavy atom. The number of ether oxygens (including phenoxy) is 1. The quantitative estimate of drug-likeness (QED) is 0.893. The van der Waals surface area contributed by atoms with Gasteiger partial charge < -0.3 is 15.4 Å². The molecule has 1 heterocycles. The lowest BCUT2D eigenvalue weighted by Gasteiger charge is -2.28. The van der Waals surface area contributed by atoms with E-state index in [9.17, 15) is 9.18 Å². The van der Waals surface area contributed by atoms with Crippen LogP contribution in [0.3, 0.4) is 0 Å². The maximum Gasteiger partial charge on any atom is 0.258 e. The van der Waals surface area contributed by atoms with Crippen LogP contribution in [0.1, 0.15) is 19.8 Å². The molecule has 2 unspecified atom stereocenters. The highest BCUT2D eigenvalue weighted by Crippen LogP contribution is 2.15. The van der Waals surface area contributed by atoms with Gasteiger partial charge in [-0.05, 0) is 38.4 Å². The molecule has 1 aliphatic heterocycles. The van der Waals surface area contributed by atoms with Crippen LogP contribution < -0.4 is 15.4 Å². The van der Waals surface area contributed by atoms with Crippen molar-refractivity contribution in [2.24, 2.45) is 0 Å². The molecular formula is C14H20ClFN2O2. The van der Waals surface area contributed by atoms with Crippen molar-refractivity contribution in [3.05, 3.63) is 30.1 Å². The Kier molecular flexibility index (Phi) is 6.75. The predicted octanol–water partition coefficient (Wildman–Crippen LogP) is 1.88. The van der Waals surface area contributed by atoms with Gasteiger partial charge in [0.1, 0.15) is 0 Å². The number of carbonyl (C=O) groups is 1. The molecule has 20 heavy (non-hydrogen) atoms. The molecule has 1 amide bonds. The molecule has 1 aromatic rings. The van der Waals surface area contributed by atoms with Crippen molar-refractivity contribution in [2.45, 2.75) is 31.8 Å². The Bertz CT molecular complexity index is 445. The van der Waals surface area contributed by atoms with E-state index in [1.165, 1.54) is 12.1 Å². The van der Waals surface area contributed by atoms with Crippen molar-refractivity contribution in [1.29, 1.82) is 0 Å². The third-order valence-electron chi connectivity index (χ3n) is 3.18. The summed E-state index contributed by atoms with van der Waals surface area (Å²) in [5.74, 6) is -0.551. The molecule has 0 radical (unpaired) electrons. The predicted molar refractivity (Wildman–Crippen MR) is 77.8 cm³/mol. The molecule has 0 aliphatic carbocycles. The van der Waals surface area contributed by atoms with E-state index >= 15 is 0 Å². The van der Waals surface area contributed by atoms with Gasteiger partial charge in [0.25, 0.3) is 5.91 Å². The topological polar surface area (TPSA) is 50.4 Å². The fourth-order valence-electron chi connectivity index (χ4n) is 2.24. The SMILES string of the molecule is CC1CC(NC(=O)COc2ccccc2F)CCN1.Cl. The number of halogens is 2. The highest BCUT2D eigenvalue weighted by Gasteiger charge is 2.20. The van der Waals surface area contributed by atoms with Gasteiger partial charge in [-0.3, -0.25) is 4.79 Å². The molecule has 4 nitrogen and oxygen atoms in total. The summed E-state index contributed by atoms with van der Waals surface area (Å²) >= 11 is 0. The highest BCUT2D eigenvalue weighted by molar-refractivity contribution is 5.85. The minimum absolute atomic E-state index is 0. The monoisotopic (exact) mass is 302 g/mol. The Morgan fingerprint density at radius 3 is 2.95 bits per heavy atom. The Labute approximate surface area is 124 Å². The second-order valence-electron chi connectivity index (χ2n) is 4.86. The summed E-state index contributed by atoms with van der Waals surface area (Å²) in [5, 5.41) is 6.23. The van der Waals surface area contributed by atoms with Crippen LogP contribution in [0.5, 0.6) is 5.75 Å². The first kappa shape index (κ1) is 16.7. The summed E-state index contributed by atoms with van der Waals surface area (Å²) in [6.07, 6.45) is 1.82. The second-order valence-corrected chi connectivity index (χ2v) is 4.86. The maximum absolute atomic E-state index is 13.3. The Hall–Kier alpha value is -1.33. The van der Waals surface area contributed by atoms with E-state index in [4.69, 9.17) is 4.74 Å². The largest absolute Gasteiger partial charge is 0.481 e. The molecule has 2 N–H and O–H groups in total. The van der Waals surface area contributed by atoms with Gasteiger partial charge in [0.15, 0.2) is 18.2 Å². The average molecular weight is 303 g/mol. The van der Waals surface area contributed by atoms with Gasteiger partial charge in [0.05, 0.1) is 0 Å². The van der Waals surface area contributed by atoms with Crippen LogP contribution >= 0.6 is 12.4 Å². The summed E-state index contributed by atoms with van der Waals surface area (Å²) in [6.45, 7) is 2.84. The Morgan fingerprint density at radius 2 is 2.25 bits per heavy atom. The first-order chi connectivity index (χ1) is 9.15. The smallest absolute Gasteiger partial charge is 0.258 e. The molecule has 1 aromatic carbocycles. The molecule has 0 saturated carbocycles. The van der Waals surface area contributed by atoms with E-state index in [-0.39, 0.29) is 36.7 Å². The maximum atomic E-state index is 13.3. The van der Waals surface area contributed by atoms with E-state index in [2.05, 4.69) is 17.6 Å². The lowest BCUT2D eigenvalue weighted by atomic mass is 10.0. The van der Waals surface area contributed by atoms with Gasteiger partial charge in [-0.15, -0.1) is 12.4 Å². The van der Waals surface area contributed by atoms with Crippen molar-refractivity contribution in [1.82, 2.24) is 10.6 Å². The molecule has 0 aromatic heterocycles. The number of piperidine rings is 1. The van der Waals surface area contributed by atoms with E-state index in [0.29, 0.717) is 6.04 Å². The number of amides is 1. The van der Waals surface area contributed by atoms with Gasteiger partial charge in [-0.1, -0.05) is 12.1 Å². The van der Waals surface area contributed by atoms with Gasteiger partial charge in [0, 0.05) is 12.1 Å². The van der Waals surface area contributed by atoms with Crippen LogP contribution in [0.25, 0.3) is 0 Å². The molecule has 1 aliphatic rings. The minimum atomic E-state index is -0.453. The van der Waals surface area contributed by atoms with Crippen molar-refractivity contribution >= 4 is 18.3 Å². The van der Waals surface area contributed by atoms with Crippen LogP contribution in [0.15, 0.2) is 24.3 Å². The average Bonchev–Trinajstić information content (AvgIpc) is 2.38. The van der Waals surface area contributed by atoms with Crippen LogP contribution in [-0.2, 0) is 4.79 Å². The number of nitrogens with one attached hydrogen (secondary N) is 2. The minimum Gasteiger partial charge on any atom is -0.481 e. The molecular weight excluding hydrogens is 283 g/mol. The Balaban J connectivity index is 0.00000200. The zero-order valence-corrected chi connectivity index (χ0v) is 12.2. The van der Waals surface area contributed by atoms with Crippen LogP contribution in [0.4, 0.5) is 4.39 Å². The van der Waals surface area contributed by atoms with E-state index < -0.39 is 5.82 Å². The van der Waals surface area contributed by atoms with E-state index in [0.717, 1.165) is 19.4 Å². The zero-order valence-electron chi connectivity index (χ0n) is 11.4. The number of hydrogen-bond acceptors (Lipinski definition) is 3. The van der Waals surface area contributed by atoms with E-state index in [1.807, 2.05) is 0 Å². The highest BCUT2D eigenvalue weighted by atomic mass is 35.5. The number of hydrogen-bond donors (Lipinski definition) is 2. The third-order valence-corrected chi connectivity index (χ3v) is 3.18. The molecule has 1 saturated heterocycles. The summed E-state index contributed by atoms with van der Waals surface area (Å²) < 4.78 is 18.4. The summed E-state index contributed by atoms with van der Waals surface area (Å²) in [5.41, 5.74) is 0. The van der Waals surface area contributed by atoms with Crippen molar-refractivity contribution in [3.63, 3.8) is 0 Å². The lowest BCUT2D eigenvalue weighted by Crippen LogP contribution is -2.47. The van der Waals surface area contributed by atoms with Crippen LogP contribution in [0.2, 0.25) is 0 Å². The zero-order chi connectivity index (χ0) is 13.7. The molecule has 112 valence electrons. The number of benzene rings is 1. The molecule has 2 rings (SSSR count). The van der Waals surface area contributed by atoms with Gasteiger partial charge >= 0.3 is 0 Å². The van der Waals surface area contributed by atoms with E-state index in [1.54, 1.807) is 12.1 Å². The summed E-state index contributed by atoms with van der Waals surface area (Å²) in [4.78, 5) is 11.7. The van der Waals surface area contributed by atoms with Crippen LogP contribution in [0, 0.1) is 5.82 Å². The standard InChI is InChI=1S/C14H19FN2O2.ClH/c1-10-8-11(6-7-16-10)17-14(18)9-19-13-5-3-2-4-12(13)15;/h2-5,10-11,16H,6-9H2,1H3,(H,17,18);1H. The number of para-hydroxylation sites is 1. The summed E-state index contributed by atoms with van der Waals surface area (Å²) in [7, 11) is 0. The number of carbonyl (C=O) groups excluding carboxylic acids is 1. The lowest BCUT2D eigenvalue weighted by molar-refractivity contribution is -0.124. The first-order valence-corrected chi connectivity index (χ1v) is 6.55. The first-order valence-electron chi connectivity index (χ1n) is 6.55. The molecule has 0 bridgehead atoms. The van der Waals surface area contributed by atoms with Crippen molar-refractivity contribution in [3.8, 4) is 5.75 Å². The fourth-order valence-corrected chi connectivity index (χ4v) is 2.24. The fraction of sp³-hybridized carbons (Fsp3) is 0.500. The molecule has 1 fully saturated rings. The second kappa shape index (κ2) is 8.07. The van der Waals surface area contributed by atoms with Crippen molar-refractivity contribution in [2.75, 3.05) is 13.2 Å². The number of rotatable bonds is 4. The van der Waals surface area contributed by atoms with Crippen molar-refractivity contribution < 1.29 is 13.9 Å². The summed E-state index contributed by atoms with van der Waals surface area (Å²) in [6, 6.07) is 6.65. The van der Waals surface area contributed by atoms with Crippen LogP contribution in [-0.4, -0.2) is 31.1 Å². The van der Waals surface area contributed by atoms with Gasteiger partial charge in [-0.2, -0.15) is 0 Å². The van der Waals surface area contributed by atoms with Gasteiger partial charge in [-0.25, -0.2) is 4.39 Å².